The molecular weight excluding hydrogens is 446 g/mol. The summed E-state index contributed by atoms with van der Waals surface area (Å²) in [5, 5.41) is 4.92. The smallest absolute Gasteiger partial charge is 0.275 e. The van der Waals surface area contributed by atoms with E-state index in [1.165, 1.54) is 19.3 Å². The minimum absolute atomic E-state index is 0.105. The third-order valence-corrected chi connectivity index (χ3v) is 7.94. The average molecular weight is 478 g/mol. The molecule has 1 fully saturated rings. The molecule has 1 N–H and O–H groups in total. The fraction of sp³-hybridized carbons (Fsp3) is 0.429. The monoisotopic (exact) mass is 477 g/mol. The highest BCUT2D eigenvalue weighted by molar-refractivity contribution is 6.31. The van der Waals surface area contributed by atoms with Crippen molar-refractivity contribution < 1.29 is 9.59 Å². The molecule has 1 aliphatic carbocycles. The first kappa shape index (κ1) is 23.0. The van der Waals surface area contributed by atoms with E-state index in [2.05, 4.69) is 5.32 Å². The Morgan fingerprint density at radius 1 is 1.03 bits per heavy atom. The number of anilines is 1. The summed E-state index contributed by atoms with van der Waals surface area (Å²) < 4.78 is 2.00. The summed E-state index contributed by atoms with van der Waals surface area (Å²) in [5.41, 5.74) is 2.05. The number of nitrogens with zero attached hydrogens (tertiary/aromatic N) is 2. The Hall–Kier alpha value is -2.79. The van der Waals surface area contributed by atoms with Crippen molar-refractivity contribution in [3.8, 4) is 0 Å². The number of aromatic nitrogens is 1. The van der Waals surface area contributed by atoms with E-state index in [0.29, 0.717) is 22.9 Å². The van der Waals surface area contributed by atoms with Gasteiger partial charge in [-0.25, -0.2) is 0 Å². The number of hydrogen-bond donors (Lipinski definition) is 1. The lowest BCUT2D eigenvalue weighted by Gasteiger charge is -2.44. The van der Waals surface area contributed by atoms with Crippen molar-refractivity contribution in [2.45, 2.75) is 76.9 Å². The van der Waals surface area contributed by atoms with Gasteiger partial charge in [0.15, 0.2) is 0 Å². The van der Waals surface area contributed by atoms with Crippen molar-refractivity contribution >= 4 is 40.0 Å². The molecule has 6 heteroatoms. The molecule has 1 unspecified atom stereocenters. The zero-order chi connectivity index (χ0) is 23.9. The lowest BCUT2D eigenvalue weighted by Crippen LogP contribution is -2.65. The van der Waals surface area contributed by atoms with Crippen molar-refractivity contribution in [2.24, 2.45) is 0 Å². The summed E-state index contributed by atoms with van der Waals surface area (Å²) in [6.45, 7) is 4.20. The molecule has 2 aromatic carbocycles. The topological polar surface area (TPSA) is 54.3 Å². The molecule has 0 bridgehead atoms. The summed E-state index contributed by atoms with van der Waals surface area (Å²) in [6.07, 6.45) is 7.95. The van der Waals surface area contributed by atoms with Crippen LogP contribution >= 0.6 is 11.6 Å². The van der Waals surface area contributed by atoms with Gasteiger partial charge >= 0.3 is 0 Å². The molecule has 0 spiro atoms. The van der Waals surface area contributed by atoms with Gasteiger partial charge in [-0.15, -0.1) is 0 Å². The number of nitrogens with one attached hydrogen (secondary N) is 1. The second-order valence-electron chi connectivity index (χ2n) is 10.0. The summed E-state index contributed by atoms with van der Waals surface area (Å²) in [6, 6.07) is 15.6. The minimum atomic E-state index is -1.09. The van der Waals surface area contributed by atoms with E-state index in [9.17, 15) is 9.59 Å². The van der Waals surface area contributed by atoms with Gasteiger partial charge in [0.25, 0.3) is 5.91 Å². The number of benzene rings is 2. The molecule has 178 valence electrons. The highest BCUT2D eigenvalue weighted by atomic mass is 35.5. The third kappa shape index (κ3) is 4.00. The summed E-state index contributed by atoms with van der Waals surface area (Å²) in [5.74, 6) is -0.288. The van der Waals surface area contributed by atoms with Gasteiger partial charge in [0.05, 0.1) is 6.54 Å². The molecule has 3 aromatic rings. The number of amides is 2. The Labute approximate surface area is 206 Å². The fourth-order valence-corrected chi connectivity index (χ4v) is 5.69. The van der Waals surface area contributed by atoms with E-state index in [1.807, 2.05) is 60.9 Å². The number of fused-ring (bicyclic) bond motifs is 3. The highest BCUT2D eigenvalue weighted by Gasteiger charge is 2.49. The van der Waals surface area contributed by atoms with Gasteiger partial charge in [-0.1, -0.05) is 68.0 Å². The van der Waals surface area contributed by atoms with E-state index in [4.69, 9.17) is 11.6 Å². The summed E-state index contributed by atoms with van der Waals surface area (Å²) in [7, 11) is 0. The van der Waals surface area contributed by atoms with Crippen molar-refractivity contribution in [1.29, 1.82) is 0 Å². The Balaban J connectivity index is 1.58. The molecule has 1 saturated carbocycles. The number of aryl methyl sites for hydroxylation is 1. The first-order chi connectivity index (χ1) is 16.4. The number of carbonyl (C=O) groups excluding carboxylic acids is 2. The zero-order valence-corrected chi connectivity index (χ0v) is 20.7. The first-order valence-corrected chi connectivity index (χ1v) is 12.8. The predicted molar refractivity (Wildman–Crippen MR) is 138 cm³/mol. The number of hydrogen-bond acceptors (Lipinski definition) is 2. The highest BCUT2D eigenvalue weighted by Crippen LogP contribution is 2.37. The van der Waals surface area contributed by atoms with Gasteiger partial charge < -0.3 is 9.88 Å². The second kappa shape index (κ2) is 9.10. The third-order valence-electron chi connectivity index (χ3n) is 7.54. The number of carbonyl (C=O) groups is 2. The molecule has 2 amide bonds. The lowest BCUT2D eigenvalue weighted by molar-refractivity contribution is -0.127. The van der Waals surface area contributed by atoms with Gasteiger partial charge in [0.2, 0.25) is 5.91 Å². The van der Waals surface area contributed by atoms with Crippen LogP contribution < -0.4 is 10.2 Å². The van der Waals surface area contributed by atoms with E-state index in [0.717, 1.165) is 42.1 Å². The molecule has 5 nitrogen and oxygen atoms in total. The van der Waals surface area contributed by atoms with Gasteiger partial charge in [-0.05, 0) is 56.5 Å². The maximum Gasteiger partial charge on any atom is 0.275 e. The van der Waals surface area contributed by atoms with E-state index >= 15 is 0 Å². The Morgan fingerprint density at radius 3 is 2.47 bits per heavy atom. The molecule has 0 radical (unpaired) electrons. The van der Waals surface area contributed by atoms with E-state index in [-0.39, 0.29) is 17.9 Å². The van der Waals surface area contributed by atoms with Gasteiger partial charge in [0.1, 0.15) is 11.2 Å². The number of rotatable bonds is 3. The molecule has 2 aliphatic rings. The lowest BCUT2D eigenvalue weighted by atomic mass is 9.91. The molecule has 1 atom stereocenters. The first-order valence-electron chi connectivity index (χ1n) is 12.4. The summed E-state index contributed by atoms with van der Waals surface area (Å²) >= 11 is 6.46. The van der Waals surface area contributed by atoms with Crippen LogP contribution in [0.3, 0.4) is 0 Å². The van der Waals surface area contributed by atoms with Crippen molar-refractivity contribution in [1.82, 2.24) is 9.88 Å². The molecular formula is C28H32ClN3O2. The number of halogens is 1. The van der Waals surface area contributed by atoms with Gasteiger partial charge in [-0.3, -0.25) is 14.5 Å². The Bertz CT molecular complexity index is 1240. The molecule has 5 rings (SSSR count). The van der Waals surface area contributed by atoms with Gasteiger partial charge in [-0.2, -0.15) is 0 Å². The van der Waals surface area contributed by atoms with Crippen LogP contribution in [0.4, 0.5) is 5.69 Å². The van der Waals surface area contributed by atoms with E-state index < -0.39 is 5.54 Å². The second-order valence-corrected chi connectivity index (χ2v) is 10.4. The maximum atomic E-state index is 14.0. The average Bonchev–Trinajstić information content (AvgIpc) is 3.16. The van der Waals surface area contributed by atoms with Crippen LogP contribution in [0.1, 0.15) is 67.9 Å². The standard InChI is InChI=1S/C28H32ClN3O2/c1-19-14-15-22(17-23(19)29)32-26(33)25-16-20-10-8-9-13-24(20)31(25)18-28(32,2)27(34)30-21-11-6-4-3-5-7-12-21/h8-10,13-17,21H,3-7,11-12,18H2,1-2H3,(H,30,34). The predicted octanol–water partition coefficient (Wildman–Crippen LogP) is 6.25. The molecule has 0 saturated heterocycles. The largest absolute Gasteiger partial charge is 0.351 e. The summed E-state index contributed by atoms with van der Waals surface area (Å²) in [4.78, 5) is 29.6. The maximum absolute atomic E-state index is 14.0. The van der Waals surface area contributed by atoms with Crippen LogP contribution in [0.25, 0.3) is 10.9 Å². The van der Waals surface area contributed by atoms with Crippen LogP contribution in [0.15, 0.2) is 48.5 Å². The normalized spacial score (nSPS) is 21.7. The molecule has 34 heavy (non-hydrogen) atoms. The van der Waals surface area contributed by atoms with Crippen LogP contribution in [-0.2, 0) is 11.3 Å². The van der Waals surface area contributed by atoms with Crippen molar-refractivity contribution in [3.05, 3.63) is 64.8 Å². The van der Waals surface area contributed by atoms with Crippen LogP contribution in [0.5, 0.6) is 0 Å². The Kier molecular flexibility index (Phi) is 6.15. The van der Waals surface area contributed by atoms with Crippen molar-refractivity contribution in [3.63, 3.8) is 0 Å². The molecule has 1 aliphatic heterocycles. The SMILES string of the molecule is Cc1ccc(N2C(=O)c3cc4ccccc4n3CC2(C)C(=O)NC2CCCCCCC2)cc1Cl. The van der Waals surface area contributed by atoms with Gasteiger partial charge in [0, 0.05) is 27.7 Å². The Morgan fingerprint density at radius 2 is 1.74 bits per heavy atom. The van der Waals surface area contributed by atoms with Crippen LogP contribution in [-0.4, -0.2) is 28.0 Å². The zero-order valence-electron chi connectivity index (χ0n) is 19.9. The van der Waals surface area contributed by atoms with Crippen LogP contribution in [0.2, 0.25) is 5.02 Å². The van der Waals surface area contributed by atoms with Crippen LogP contribution in [0, 0.1) is 6.92 Å². The minimum Gasteiger partial charge on any atom is -0.351 e. The quantitative estimate of drug-likeness (QED) is 0.484. The van der Waals surface area contributed by atoms with Crippen molar-refractivity contribution in [2.75, 3.05) is 4.90 Å². The number of para-hydroxylation sites is 1. The fourth-order valence-electron chi connectivity index (χ4n) is 5.51. The molecule has 2 heterocycles. The van der Waals surface area contributed by atoms with E-state index in [1.54, 1.807) is 11.0 Å². The molecule has 1 aromatic heterocycles.